The van der Waals surface area contributed by atoms with Crippen molar-refractivity contribution >= 4 is 17.6 Å². The molecule has 0 aromatic heterocycles. The van der Waals surface area contributed by atoms with Gasteiger partial charge in [0.1, 0.15) is 0 Å². The molecule has 1 amide bonds. The Labute approximate surface area is 99.4 Å². The Bertz CT molecular complexity index is 403. The molecule has 0 aliphatic rings. The summed E-state index contributed by atoms with van der Waals surface area (Å²) in [6, 6.07) is 7.25. The quantitative estimate of drug-likeness (QED) is 0.788. The summed E-state index contributed by atoms with van der Waals surface area (Å²) < 4.78 is 5.00. The van der Waals surface area contributed by atoms with Crippen LogP contribution in [-0.4, -0.2) is 24.1 Å². The van der Waals surface area contributed by atoms with E-state index in [1.807, 2.05) is 12.1 Å². The largest absolute Gasteiger partial charge is 0.481 e. The van der Waals surface area contributed by atoms with Gasteiger partial charge in [-0.25, -0.2) is 0 Å². The van der Waals surface area contributed by atoms with Crippen molar-refractivity contribution in [1.82, 2.24) is 0 Å². The fourth-order valence-corrected chi connectivity index (χ4v) is 1.36. The first kappa shape index (κ1) is 13.2. The normalized spacial score (nSPS) is 9.94. The third kappa shape index (κ3) is 4.65. The third-order valence-corrected chi connectivity index (χ3v) is 2.16. The maximum absolute atomic E-state index is 11.5. The van der Waals surface area contributed by atoms with E-state index in [4.69, 9.17) is 9.84 Å². The number of carbonyl (C=O) groups excluding carboxylic acids is 1. The third-order valence-electron chi connectivity index (χ3n) is 2.16. The molecule has 0 saturated carbocycles. The zero-order valence-corrected chi connectivity index (χ0v) is 9.60. The highest BCUT2D eigenvalue weighted by atomic mass is 16.5. The zero-order chi connectivity index (χ0) is 12.7. The summed E-state index contributed by atoms with van der Waals surface area (Å²) in [6.45, 7) is 0.398. The highest BCUT2D eigenvalue weighted by molar-refractivity contribution is 5.93. The van der Waals surface area contributed by atoms with Gasteiger partial charge >= 0.3 is 5.97 Å². The van der Waals surface area contributed by atoms with Gasteiger partial charge in [-0.2, -0.15) is 0 Å². The summed E-state index contributed by atoms with van der Waals surface area (Å²) in [5, 5.41) is 11.1. The van der Waals surface area contributed by atoms with Crippen LogP contribution in [0.2, 0.25) is 0 Å². The van der Waals surface area contributed by atoms with E-state index in [1.54, 1.807) is 19.2 Å². The smallest absolute Gasteiger partial charge is 0.303 e. The molecular weight excluding hydrogens is 222 g/mol. The number of para-hydroxylation sites is 1. The summed E-state index contributed by atoms with van der Waals surface area (Å²) in [7, 11) is 1.57. The molecular formula is C12H15NO4. The van der Waals surface area contributed by atoms with Crippen LogP contribution in [0.1, 0.15) is 18.4 Å². The Hall–Kier alpha value is -1.88. The van der Waals surface area contributed by atoms with Crippen LogP contribution in [0.3, 0.4) is 0 Å². The molecule has 5 heteroatoms. The fourth-order valence-electron chi connectivity index (χ4n) is 1.36. The number of benzene rings is 1. The van der Waals surface area contributed by atoms with E-state index in [9.17, 15) is 9.59 Å². The van der Waals surface area contributed by atoms with Gasteiger partial charge in [0.05, 0.1) is 13.0 Å². The number of carboxylic acids is 1. The van der Waals surface area contributed by atoms with Gasteiger partial charge in [0, 0.05) is 24.8 Å². The van der Waals surface area contributed by atoms with Gasteiger partial charge in [0.15, 0.2) is 0 Å². The van der Waals surface area contributed by atoms with E-state index < -0.39 is 5.97 Å². The lowest BCUT2D eigenvalue weighted by molar-refractivity contribution is -0.138. The van der Waals surface area contributed by atoms with Crippen molar-refractivity contribution in [3.8, 4) is 0 Å². The number of anilines is 1. The van der Waals surface area contributed by atoms with Crippen LogP contribution in [0.5, 0.6) is 0 Å². The molecule has 0 aliphatic heterocycles. The lowest BCUT2D eigenvalue weighted by atomic mass is 10.2. The number of nitrogens with one attached hydrogen (secondary N) is 1. The van der Waals surface area contributed by atoms with Crippen molar-refractivity contribution in [2.45, 2.75) is 19.4 Å². The first-order valence-electron chi connectivity index (χ1n) is 5.22. The van der Waals surface area contributed by atoms with Crippen LogP contribution >= 0.6 is 0 Å². The summed E-state index contributed by atoms with van der Waals surface area (Å²) in [5.74, 6) is -1.29. The van der Waals surface area contributed by atoms with Crippen molar-refractivity contribution in [3.63, 3.8) is 0 Å². The molecule has 1 aromatic rings. The molecule has 0 atom stereocenters. The predicted molar refractivity (Wildman–Crippen MR) is 62.7 cm³/mol. The molecule has 1 rings (SSSR count). The first-order chi connectivity index (χ1) is 8.13. The molecule has 2 N–H and O–H groups in total. The number of rotatable bonds is 6. The number of hydrogen-bond acceptors (Lipinski definition) is 3. The zero-order valence-electron chi connectivity index (χ0n) is 9.60. The number of aliphatic carboxylic acids is 1. The topological polar surface area (TPSA) is 75.6 Å². The summed E-state index contributed by atoms with van der Waals surface area (Å²) >= 11 is 0. The summed E-state index contributed by atoms with van der Waals surface area (Å²) in [6.07, 6.45) is -0.199. The van der Waals surface area contributed by atoms with Gasteiger partial charge in [0.2, 0.25) is 5.91 Å². The van der Waals surface area contributed by atoms with Crippen molar-refractivity contribution < 1.29 is 19.4 Å². The summed E-state index contributed by atoms with van der Waals surface area (Å²) in [5.41, 5.74) is 1.52. The van der Waals surface area contributed by atoms with Crippen LogP contribution in [0, 0.1) is 0 Å². The van der Waals surface area contributed by atoms with E-state index >= 15 is 0 Å². The van der Waals surface area contributed by atoms with Crippen LogP contribution < -0.4 is 5.32 Å². The van der Waals surface area contributed by atoms with E-state index in [0.717, 1.165) is 5.56 Å². The van der Waals surface area contributed by atoms with Gasteiger partial charge in [-0.3, -0.25) is 9.59 Å². The van der Waals surface area contributed by atoms with Gasteiger partial charge in [-0.15, -0.1) is 0 Å². The van der Waals surface area contributed by atoms with E-state index in [0.29, 0.717) is 12.3 Å². The van der Waals surface area contributed by atoms with Crippen LogP contribution in [0.4, 0.5) is 5.69 Å². The average Bonchev–Trinajstić information content (AvgIpc) is 2.29. The predicted octanol–water partition coefficient (Wildman–Crippen LogP) is 1.64. The second-order valence-electron chi connectivity index (χ2n) is 3.53. The standard InChI is InChI=1S/C12H15NO4/c1-17-8-9-4-2-3-5-10(9)13-11(14)6-7-12(15)16/h2-5H,6-8H2,1H3,(H,13,14)(H,15,16). The van der Waals surface area contributed by atoms with Gasteiger partial charge in [-0.1, -0.05) is 18.2 Å². The van der Waals surface area contributed by atoms with Crippen LogP contribution in [-0.2, 0) is 20.9 Å². The van der Waals surface area contributed by atoms with Crippen LogP contribution in [0.25, 0.3) is 0 Å². The number of amides is 1. The maximum atomic E-state index is 11.5. The molecule has 0 saturated heterocycles. The molecule has 0 heterocycles. The Morgan fingerprint density at radius 1 is 1.29 bits per heavy atom. The van der Waals surface area contributed by atoms with E-state index in [1.165, 1.54) is 0 Å². The summed E-state index contributed by atoms with van der Waals surface area (Å²) in [4.78, 5) is 21.8. The second kappa shape index (κ2) is 6.65. The molecule has 92 valence electrons. The minimum Gasteiger partial charge on any atom is -0.481 e. The Morgan fingerprint density at radius 3 is 2.65 bits per heavy atom. The molecule has 0 aliphatic carbocycles. The Kier molecular flexibility index (Phi) is 5.16. The molecule has 1 aromatic carbocycles. The maximum Gasteiger partial charge on any atom is 0.303 e. The molecule has 17 heavy (non-hydrogen) atoms. The number of carboxylic acid groups (broad SMARTS) is 1. The van der Waals surface area contributed by atoms with Gasteiger partial charge in [-0.05, 0) is 6.07 Å². The molecule has 0 radical (unpaired) electrons. The minimum atomic E-state index is -0.981. The lowest BCUT2D eigenvalue weighted by Crippen LogP contribution is -2.14. The molecule has 0 fully saturated rings. The number of hydrogen-bond donors (Lipinski definition) is 2. The van der Waals surface area contributed by atoms with Crippen LogP contribution in [0.15, 0.2) is 24.3 Å². The SMILES string of the molecule is COCc1ccccc1NC(=O)CCC(=O)O. The highest BCUT2D eigenvalue weighted by Crippen LogP contribution is 2.16. The lowest BCUT2D eigenvalue weighted by Gasteiger charge is -2.09. The van der Waals surface area contributed by atoms with Gasteiger partial charge in [0.25, 0.3) is 0 Å². The number of carbonyl (C=O) groups is 2. The van der Waals surface area contributed by atoms with Crippen molar-refractivity contribution in [1.29, 1.82) is 0 Å². The second-order valence-corrected chi connectivity index (χ2v) is 3.53. The first-order valence-corrected chi connectivity index (χ1v) is 5.22. The highest BCUT2D eigenvalue weighted by Gasteiger charge is 2.08. The van der Waals surface area contributed by atoms with Gasteiger partial charge < -0.3 is 15.2 Å². The molecule has 0 unspecified atom stereocenters. The average molecular weight is 237 g/mol. The monoisotopic (exact) mass is 237 g/mol. The van der Waals surface area contributed by atoms with Crippen molar-refractivity contribution in [3.05, 3.63) is 29.8 Å². The Morgan fingerprint density at radius 2 is 2.00 bits per heavy atom. The Balaban J connectivity index is 2.61. The molecule has 0 bridgehead atoms. The number of ether oxygens (including phenoxy) is 1. The van der Waals surface area contributed by atoms with Crippen molar-refractivity contribution in [2.24, 2.45) is 0 Å². The van der Waals surface area contributed by atoms with E-state index in [2.05, 4.69) is 5.32 Å². The minimum absolute atomic E-state index is 0.0311. The molecule has 0 spiro atoms. The fraction of sp³-hybridized carbons (Fsp3) is 0.333. The number of methoxy groups -OCH3 is 1. The van der Waals surface area contributed by atoms with Crippen molar-refractivity contribution in [2.75, 3.05) is 12.4 Å². The van der Waals surface area contributed by atoms with E-state index in [-0.39, 0.29) is 18.7 Å². The molecule has 5 nitrogen and oxygen atoms in total.